The number of carbonyl (C=O) groups excluding carboxylic acids is 2. The second-order valence-electron chi connectivity index (χ2n) is 10.4. The summed E-state index contributed by atoms with van der Waals surface area (Å²) in [5, 5.41) is 10.0. The first kappa shape index (κ1) is 24.8. The number of amides is 1. The molecular weight excluding hydrogens is 422 g/mol. The van der Waals surface area contributed by atoms with Gasteiger partial charge >= 0.3 is 5.97 Å². The summed E-state index contributed by atoms with van der Waals surface area (Å²) in [6.07, 6.45) is 6.39. The number of aliphatic hydroxyl groups excluding tert-OH is 1. The quantitative estimate of drug-likeness (QED) is 0.484. The standard InChI is InChI=1S/C26H37NO4S/c1-17-6-8-18(9-7-17)24(29)27(19-10-12-20(28)13-11-19)22-16-21(14-15-26(2,3)4)32-23(22)25(30)31-5/h16-20,28H,6-13H2,1-5H3/t17?,18?,19-,20-. The van der Waals surface area contributed by atoms with Crippen LogP contribution in [0.25, 0.3) is 0 Å². The number of hydrogen-bond donors (Lipinski definition) is 1. The molecule has 2 fully saturated rings. The lowest BCUT2D eigenvalue weighted by Crippen LogP contribution is -2.47. The third kappa shape index (κ3) is 6.14. The van der Waals surface area contributed by atoms with E-state index in [2.05, 4.69) is 18.8 Å². The summed E-state index contributed by atoms with van der Waals surface area (Å²) in [6, 6.07) is 1.87. The Morgan fingerprint density at radius 1 is 1.09 bits per heavy atom. The van der Waals surface area contributed by atoms with E-state index in [1.54, 1.807) is 0 Å². The lowest BCUT2D eigenvalue weighted by Gasteiger charge is -2.38. The van der Waals surface area contributed by atoms with Gasteiger partial charge in [0.05, 0.1) is 23.8 Å². The van der Waals surface area contributed by atoms with Crippen LogP contribution in [0.4, 0.5) is 5.69 Å². The fraction of sp³-hybridized carbons (Fsp3) is 0.692. The van der Waals surface area contributed by atoms with Crippen LogP contribution in [0.3, 0.4) is 0 Å². The van der Waals surface area contributed by atoms with E-state index in [4.69, 9.17) is 4.74 Å². The Balaban J connectivity index is 2.02. The third-order valence-electron chi connectivity index (χ3n) is 6.54. The number of methoxy groups -OCH3 is 1. The highest BCUT2D eigenvalue weighted by Gasteiger charge is 2.37. The van der Waals surface area contributed by atoms with Gasteiger partial charge in [-0.15, -0.1) is 11.3 Å². The lowest BCUT2D eigenvalue weighted by molar-refractivity contribution is -0.124. The average Bonchev–Trinajstić information content (AvgIpc) is 3.17. The molecule has 2 saturated carbocycles. The topological polar surface area (TPSA) is 66.8 Å². The van der Waals surface area contributed by atoms with E-state index in [0.717, 1.165) is 43.4 Å². The molecule has 1 heterocycles. The zero-order chi connectivity index (χ0) is 23.5. The van der Waals surface area contributed by atoms with Crippen molar-refractivity contribution >= 4 is 28.9 Å². The normalized spacial score (nSPS) is 26.1. The Morgan fingerprint density at radius 3 is 2.28 bits per heavy atom. The second-order valence-corrected chi connectivity index (χ2v) is 11.5. The van der Waals surface area contributed by atoms with Gasteiger partial charge in [-0.2, -0.15) is 0 Å². The monoisotopic (exact) mass is 459 g/mol. The number of rotatable bonds is 4. The highest BCUT2D eigenvalue weighted by Crippen LogP contribution is 2.39. The Kier molecular flexibility index (Phi) is 8.06. The summed E-state index contributed by atoms with van der Waals surface area (Å²) < 4.78 is 5.07. The van der Waals surface area contributed by atoms with Gasteiger partial charge in [0.1, 0.15) is 4.88 Å². The first-order chi connectivity index (χ1) is 15.1. The van der Waals surface area contributed by atoms with Gasteiger partial charge in [-0.3, -0.25) is 4.79 Å². The third-order valence-corrected chi connectivity index (χ3v) is 7.56. The van der Waals surface area contributed by atoms with Crippen molar-refractivity contribution < 1.29 is 19.4 Å². The molecule has 6 heteroatoms. The number of esters is 1. The average molecular weight is 460 g/mol. The van der Waals surface area contributed by atoms with Crippen molar-refractivity contribution in [1.82, 2.24) is 0 Å². The molecule has 2 aliphatic rings. The van der Waals surface area contributed by atoms with Crippen molar-refractivity contribution in [3.63, 3.8) is 0 Å². The molecule has 3 rings (SSSR count). The number of thiophene rings is 1. The van der Waals surface area contributed by atoms with Gasteiger partial charge in [0.15, 0.2) is 0 Å². The molecule has 0 unspecified atom stereocenters. The van der Waals surface area contributed by atoms with Gasteiger partial charge in [-0.05, 0) is 84.1 Å². The first-order valence-corrected chi connectivity index (χ1v) is 12.7. The van der Waals surface area contributed by atoms with E-state index in [-0.39, 0.29) is 29.4 Å². The van der Waals surface area contributed by atoms with Crippen molar-refractivity contribution in [3.8, 4) is 11.8 Å². The highest BCUT2D eigenvalue weighted by molar-refractivity contribution is 7.15. The highest BCUT2D eigenvalue weighted by atomic mass is 32.1. The summed E-state index contributed by atoms with van der Waals surface area (Å²) in [5.41, 5.74) is 0.466. The van der Waals surface area contributed by atoms with Gasteiger partial charge in [0.25, 0.3) is 0 Å². The number of ether oxygens (including phenoxy) is 1. The van der Waals surface area contributed by atoms with Crippen LogP contribution in [0.1, 0.15) is 93.6 Å². The van der Waals surface area contributed by atoms with Crippen molar-refractivity contribution in [2.24, 2.45) is 17.3 Å². The minimum atomic E-state index is -0.431. The van der Waals surface area contributed by atoms with E-state index in [1.807, 2.05) is 31.7 Å². The van der Waals surface area contributed by atoms with E-state index in [0.29, 0.717) is 29.3 Å². The Bertz CT molecular complexity index is 872. The molecular formula is C26H37NO4S. The van der Waals surface area contributed by atoms with Gasteiger partial charge in [0.2, 0.25) is 5.91 Å². The molecule has 32 heavy (non-hydrogen) atoms. The lowest BCUT2D eigenvalue weighted by atomic mass is 9.81. The molecule has 1 aromatic heterocycles. The molecule has 2 aliphatic carbocycles. The van der Waals surface area contributed by atoms with Crippen molar-refractivity contribution in [2.75, 3.05) is 12.0 Å². The van der Waals surface area contributed by atoms with Gasteiger partial charge < -0.3 is 14.7 Å². The van der Waals surface area contributed by atoms with E-state index < -0.39 is 5.97 Å². The van der Waals surface area contributed by atoms with Crippen LogP contribution < -0.4 is 4.90 Å². The summed E-state index contributed by atoms with van der Waals surface area (Å²) in [4.78, 5) is 29.6. The number of hydrogen-bond acceptors (Lipinski definition) is 5. The van der Waals surface area contributed by atoms with Gasteiger partial charge in [-0.1, -0.05) is 18.8 Å². The Morgan fingerprint density at radius 2 is 1.72 bits per heavy atom. The molecule has 1 aromatic rings. The summed E-state index contributed by atoms with van der Waals surface area (Å²) in [6.45, 7) is 8.38. The maximum atomic E-state index is 13.9. The summed E-state index contributed by atoms with van der Waals surface area (Å²) in [7, 11) is 1.37. The Hall–Kier alpha value is -1.84. The molecule has 0 spiro atoms. The summed E-state index contributed by atoms with van der Waals surface area (Å²) in [5.74, 6) is 6.74. The zero-order valence-electron chi connectivity index (χ0n) is 20.1. The van der Waals surface area contributed by atoms with Gasteiger partial charge in [-0.25, -0.2) is 4.79 Å². The van der Waals surface area contributed by atoms with Crippen molar-refractivity contribution in [1.29, 1.82) is 0 Å². The molecule has 0 aromatic carbocycles. The fourth-order valence-corrected chi connectivity index (χ4v) is 5.55. The predicted molar refractivity (Wildman–Crippen MR) is 129 cm³/mol. The van der Waals surface area contributed by atoms with Gasteiger partial charge in [0, 0.05) is 17.4 Å². The van der Waals surface area contributed by atoms with Crippen LogP contribution in [0.2, 0.25) is 0 Å². The van der Waals surface area contributed by atoms with E-state index in [1.165, 1.54) is 18.4 Å². The maximum absolute atomic E-state index is 13.9. The first-order valence-electron chi connectivity index (χ1n) is 11.9. The minimum Gasteiger partial charge on any atom is -0.465 e. The molecule has 5 nitrogen and oxygen atoms in total. The van der Waals surface area contributed by atoms with E-state index >= 15 is 0 Å². The smallest absolute Gasteiger partial charge is 0.350 e. The molecule has 0 aliphatic heterocycles. The van der Waals surface area contributed by atoms with Crippen molar-refractivity contribution in [3.05, 3.63) is 15.8 Å². The minimum absolute atomic E-state index is 0.0208. The second kappa shape index (κ2) is 10.4. The molecule has 0 bridgehead atoms. The van der Waals surface area contributed by atoms with Crippen LogP contribution in [0.5, 0.6) is 0 Å². The van der Waals surface area contributed by atoms with E-state index in [9.17, 15) is 14.7 Å². The SMILES string of the molecule is COC(=O)c1sc(C#CC(C)(C)C)cc1N(C(=O)C1CCC(C)CC1)[C@H]1CC[C@H](O)CC1. The summed E-state index contributed by atoms with van der Waals surface area (Å²) >= 11 is 1.30. The van der Waals surface area contributed by atoms with Crippen molar-refractivity contribution in [2.45, 2.75) is 91.2 Å². The molecule has 1 N–H and O–H groups in total. The molecule has 0 atom stereocenters. The largest absolute Gasteiger partial charge is 0.465 e. The van der Waals surface area contributed by atoms with Crippen LogP contribution in [0.15, 0.2) is 6.07 Å². The van der Waals surface area contributed by atoms with Crippen LogP contribution in [0, 0.1) is 29.1 Å². The number of anilines is 1. The fourth-order valence-electron chi connectivity index (χ4n) is 4.63. The molecule has 1 amide bonds. The predicted octanol–water partition coefficient (Wildman–Crippen LogP) is 5.40. The van der Waals surface area contributed by atoms with Crippen LogP contribution in [-0.2, 0) is 9.53 Å². The Labute approximate surface area is 196 Å². The maximum Gasteiger partial charge on any atom is 0.350 e. The number of nitrogens with zero attached hydrogens (tertiary/aromatic N) is 1. The van der Waals surface area contributed by atoms with Crippen LogP contribution >= 0.6 is 11.3 Å². The molecule has 0 radical (unpaired) electrons. The zero-order valence-corrected chi connectivity index (χ0v) is 20.9. The van der Waals surface area contributed by atoms with Crippen LogP contribution in [-0.4, -0.2) is 36.2 Å². The number of aliphatic hydroxyl groups is 1. The number of carbonyl (C=O) groups is 2. The molecule has 0 saturated heterocycles. The molecule has 176 valence electrons.